The first-order valence-electron chi connectivity index (χ1n) is 7.70. The molecule has 112 valence electrons. The van der Waals surface area contributed by atoms with Gasteiger partial charge >= 0.3 is 0 Å². The van der Waals surface area contributed by atoms with Crippen LogP contribution in [0.5, 0.6) is 0 Å². The summed E-state index contributed by atoms with van der Waals surface area (Å²) in [5.74, 6) is 0. The van der Waals surface area contributed by atoms with Gasteiger partial charge in [0.2, 0.25) is 0 Å². The fourth-order valence-electron chi connectivity index (χ4n) is 2.81. The van der Waals surface area contributed by atoms with Crippen molar-refractivity contribution in [2.75, 3.05) is 44.2 Å². The Hall–Kier alpha value is -1.06. The molecule has 3 nitrogen and oxygen atoms in total. The van der Waals surface area contributed by atoms with Gasteiger partial charge in [-0.2, -0.15) is 0 Å². The highest BCUT2D eigenvalue weighted by Gasteiger charge is 2.20. The van der Waals surface area contributed by atoms with Gasteiger partial charge in [-0.3, -0.25) is 4.90 Å². The first-order valence-corrected chi connectivity index (χ1v) is 7.70. The molecule has 1 saturated heterocycles. The minimum Gasteiger partial charge on any atom is -0.369 e. The molecule has 0 amide bonds. The number of hydrogen-bond donors (Lipinski definition) is 1. The van der Waals surface area contributed by atoms with Crippen molar-refractivity contribution in [3.8, 4) is 0 Å². The number of aryl methyl sites for hydroxylation is 1. The van der Waals surface area contributed by atoms with E-state index in [1.54, 1.807) is 0 Å². The lowest BCUT2D eigenvalue weighted by Crippen LogP contribution is -2.48. The van der Waals surface area contributed by atoms with Crippen LogP contribution in [0, 0.1) is 6.92 Å². The van der Waals surface area contributed by atoms with Gasteiger partial charge in [0, 0.05) is 45.0 Å². The normalized spacial score (nSPS) is 17.6. The van der Waals surface area contributed by atoms with Gasteiger partial charge in [-0.1, -0.05) is 32.9 Å². The molecule has 1 aromatic rings. The van der Waals surface area contributed by atoms with Gasteiger partial charge in [-0.05, 0) is 29.5 Å². The standard InChI is InChI=1S/C17H29N3/c1-14-5-6-15(17(2,3)4)13-16(14)20-11-9-19(8-7-18)10-12-20/h5-6,13H,7-12,18H2,1-4H3. The molecular formula is C17H29N3. The lowest BCUT2D eigenvalue weighted by molar-refractivity contribution is 0.265. The van der Waals surface area contributed by atoms with Crippen LogP contribution in [0.1, 0.15) is 31.9 Å². The number of nitrogens with zero attached hydrogens (tertiary/aromatic N) is 2. The van der Waals surface area contributed by atoms with Crippen LogP contribution in [0.3, 0.4) is 0 Å². The zero-order valence-corrected chi connectivity index (χ0v) is 13.4. The largest absolute Gasteiger partial charge is 0.369 e. The third-order valence-electron chi connectivity index (χ3n) is 4.23. The van der Waals surface area contributed by atoms with Crippen molar-refractivity contribution in [2.45, 2.75) is 33.1 Å². The summed E-state index contributed by atoms with van der Waals surface area (Å²) in [5.41, 5.74) is 10.1. The van der Waals surface area contributed by atoms with Gasteiger partial charge in [-0.25, -0.2) is 0 Å². The smallest absolute Gasteiger partial charge is 0.0399 e. The number of anilines is 1. The van der Waals surface area contributed by atoms with Crippen molar-refractivity contribution in [1.29, 1.82) is 0 Å². The molecule has 20 heavy (non-hydrogen) atoms. The van der Waals surface area contributed by atoms with Crippen LogP contribution in [-0.4, -0.2) is 44.2 Å². The zero-order chi connectivity index (χ0) is 14.8. The van der Waals surface area contributed by atoms with Crippen molar-refractivity contribution >= 4 is 5.69 Å². The monoisotopic (exact) mass is 275 g/mol. The fourth-order valence-corrected chi connectivity index (χ4v) is 2.81. The molecule has 0 atom stereocenters. The SMILES string of the molecule is Cc1ccc(C(C)(C)C)cc1N1CCN(CCN)CC1. The van der Waals surface area contributed by atoms with Crippen molar-refractivity contribution in [3.05, 3.63) is 29.3 Å². The molecule has 0 unspecified atom stereocenters. The van der Waals surface area contributed by atoms with Crippen molar-refractivity contribution in [1.82, 2.24) is 4.90 Å². The van der Waals surface area contributed by atoms with Crippen LogP contribution in [-0.2, 0) is 5.41 Å². The second-order valence-corrected chi connectivity index (χ2v) is 6.87. The van der Waals surface area contributed by atoms with Crippen LogP contribution in [0.15, 0.2) is 18.2 Å². The quantitative estimate of drug-likeness (QED) is 0.919. The average Bonchev–Trinajstić information content (AvgIpc) is 2.39. The Morgan fingerprint density at radius 3 is 2.30 bits per heavy atom. The Labute approximate surface area is 123 Å². The van der Waals surface area contributed by atoms with E-state index in [4.69, 9.17) is 5.73 Å². The highest BCUT2D eigenvalue weighted by atomic mass is 15.3. The second kappa shape index (κ2) is 6.15. The van der Waals surface area contributed by atoms with E-state index in [2.05, 4.69) is 55.7 Å². The highest BCUT2D eigenvalue weighted by Crippen LogP contribution is 2.29. The maximum absolute atomic E-state index is 5.64. The third kappa shape index (κ3) is 3.53. The molecule has 1 aromatic carbocycles. The molecule has 0 aliphatic carbocycles. The summed E-state index contributed by atoms with van der Waals surface area (Å²) in [6.45, 7) is 15.3. The van der Waals surface area contributed by atoms with Gasteiger partial charge in [0.1, 0.15) is 0 Å². The molecule has 1 fully saturated rings. The van der Waals surface area contributed by atoms with E-state index in [1.165, 1.54) is 16.8 Å². The Morgan fingerprint density at radius 2 is 1.75 bits per heavy atom. The van der Waals surface area contributed by atoms with Gasteiger partial charge in [-0.15, -0.1) is 0 Å². The van der Waals surface area contributed by atoms with E-state index in [1.807, 2.05) is 0 Å². The molecule has 1 aliphatic heterocycles. The van der Waals surface area contributed by atoms with E-state index in [-0.39, 0.29) is 5.41 Å². The van der Waals surface area contributed by atoms with Gasteiger partial charge in [0.05, 0.1) is 0 Å². The summed E-state index contributed by atoms with van der Waals surface area (Å²) in [5, 5.41) is 0. The first-order chi connectivity index (χ1) is 9.41. The maximum Gasteiger partial charge on any atom is 0.0399 e. The van der Waals surface area contributed by atoms with Crippen LogP contribution >= 0.6 is 0 Å². The molecular weight excluding hydrogens is 246 g/mol. The van der Waals surface area contributed by atoms with Crippen LogP contribution in [0.2, 0.25) is 0 Å². The second-order valence-electron chi connectivity index (χ2n) is 6.87. The van der Waals surface area contributed by atoms with Crippen LogP contribution < -0.4 is 10.6 Å². The van der Waals surface area contributed by atoms with Gasteiger partial charge < -0.3 is 10.6 Å². The summed E-state index contributed by atoms with van der Waals surface area (Å²) in [6.07, 6.45) is 0. The number of rotatable bonds is 3. The lowest BCUT2D eigenvalue weighted by atomic mass is 9.86. The van der Waals surface area contributed by atoms with E-state index >= 15 is 0 Å². The molecule has 0 saturated carbocycles. The predicted molar refractivity (Wildman–Crippen MR) is 87.6 cm³/mol. The van der Waals surface area contributed by atoms with E-state index in [0.29, 0.717) is 0 Å². The third-order valence-corrected chi connectivity index (χ3v) is 4.23. The molecule has 0 bridgehead atoms. The summed E-state index contributed by atoms with van der Waals surface area (Å²) in [7, 11) is 0. The van der Waals surface area contributed by atoms with Crippen molar-refractivity contribution < 1.29 is 0 Å². The Kier molecular flexibility index (Phi) is 4.71. The lowest BCUT2D eigenvalue weighted by Gasteiger charge is -2.37. The number of hydrogen-bond acceptors (Lipinski definition) is 3. The number of piperazine rings is 1. The summed E-state index contributed by atoms with van der Waals surface area (Å²) < 4.78 is 0. The van der Waals surface area contributed by atoms with Crippen LogP contribution in [0.4, 0.5) is 5.69 Å². The Balaban J connectivity index is 2.13. The molecule has 0 radical (unpaired) electrons. The zero-order valence-electron chi connectivity index (χ0n) is 13.4. The Bertz CT molecular complexity index is 440. The van der Waals surface area contributed by atoms with Gasteiger partial charge in [0.15, 0.2) is 0 Å². The van der Waals surface area contributed by atoms with Crippen molar-refractivity contribution in [3.63, 3.8) is 0 Å². The van der Waals surface area contributed by atoms with E-state index in [0.717, 1.165) is 39.3 Å². The molecule has 1 aliphatic rings. The number of benzene rings is 1. The Morgan fingerprint density at radius 1 is 1.10 bits per heavy atom. The van der Waals surface area contributed by atoms with Crippen LogP contribution in [0.25, 0.3) is 0 Å². The summed E-state index contributed by atoms with van der Waals surface area (Å²) >= 11 is 0. The highest BCUT2D eigenvalue weighted by molar-refractivity contribution is 5.56. The molecule has 0 aromatic heterocycles. The minimum atomic E-state index is 0.212. The summed E-state index contributed by atoms with van der Waals surface area (Å²) in [4.78, 5) is 4.98. The van der Waals surface area contributed by atoms with Gasteiger partial charge in [0.25, 0.3) is 0 Å². The molecule has 3 heteroatoms. The average molecular weight is 275 g/mol. The molecule has 2 N–H and O–H groups in total. The molecule has 1 heterocycles. The summed E-state index contributed by atoms with van der Waals surface area (Å²) in [6, 6.07) is 6.92. The van der Waals surface area contributed by atoms with E-state index in [9.17, 15) is 0 Å². The minimum absolute atomic E-state index is 0.212. The van der Waals surface area contributed by atoms with Crippen molar-refractivity contribution in [2.24, 2.45) is 5.73 Å². The maximum atomic E-state index is 5.64. The predicted octanol–water partition coefficient (Wildman–Crippen LogP) is 2.37. The molecule has 0 spiro atoms. The van der Waals surface area contributed by atoms with E-state index < -0.39 is 0 Å². The molecule has 2 rings (SSSR count). The fraction of sp³-hybridized carbons (Fsp3) is 0.647. The number of nitrogens with two attached hydrogens (primary N) is 1. The first kappa shape index (κ1) is 15.3. The topological polar surface area (TPSA) is 32.5 Å².